The summed E-state index contributed by atoms with van der Waals surface area (Å²) in [6.45, 7) is 0.0522. The van der Waals surface area contributed by atoms with E-state index in [1.807, 2.05) is 0 Å². The van der Waals surface area contributed by atoms with Gasteiger partial charge in [-0.25, -0.2) is 32.2 Å². The molecule has 3 aromatic heterocycles. The highest BCUT2D eigenvalue weighted by atomic mass is 19.3. The number of pyridine rings is 1. The first-order chi connectivity index (χ1) is 16.2. The number of aromatic nitrogens is 5. The summed E-state index contributed by atoms with van der Waals surface area (Å²) in [5.74, 6) is -5.91. The predicted molar refractivity (Wildman–Crippen MR) is 110 cm³/mol. The van der Waals surface area contributed by atoms with Crippen LogP contribution in [-0.4, -0.2) is 43.2 Å². The number of alkyl halides is 2. The Kier molecular flexibility index (Phi) is 4.05. The average Bonchev–Trinajstić information content (AvgIpc) is 3.28. The molecular formula is C22H14F4N6O2. The van der Waals surface area contributed by atoms with Crippen molar-refractivity contribution in [3.8, 4) is 17.4 Å². The maximum Gasteiger partial charge on any atom is 0.299 e. The molecule has 1 N–H and O–H groups in total. The highest BCUT2D eigenvalue weighted by Gasteiger charge is 2.65. The van der Waals surface area contributed by atoms with Crippen molar-refractivity contribution in [1.29, 1.82) is 0 Å². The summed E-state index contributed by atoms with van der Waals surface area (Å²) < 4.78 is 64.1. The Morgan fingerprint density at radius 1 is 1.21 bits per heavy atom. The van der Waals surface area contributed by atoms with Gasteiger partial charge in [0.2, 0.25) is 11.8 Å². The van der Waals surface area contributed by atoms with Gasteiger partial charge in [-0.3, -0.25) is 4.79 Å². The quantitative estimate of drug-likeness (QED) is 0.461. The van der Waals surface area contributed by atoms with E-state index in [2.05, 4.69) is 25.4 Å². The van der Waals surface area contributed by atoms with Crippen LogP contribution in [0.3, 0.4) is 0 Å². The SMILES string of the molecule is CC12C(=O)Nc3nc(-c4nn(Cc5ccccc5F)c5ncc(F)cc45)nc(c31)OCC2(F)F. The molecule has 6 rings (SSSR count). The predicted octanol–water partition coefficient (Wildman–Crippen LogP) is 3.45. The summed E-state index contributed by atoms with van der Waals surface area (Å²) in [5.41, 5.74) is -1.70. The fourth-order valence-electron chi connectivity index (χ4n) is 4.29. The highest BCUT2D eigenvalue weighted by Crippen LogP contribution is 2.53. The molecule has 0 fully saturated rings. The van der Waals surface area contributed by atoms with E-state index in [0.717, 1.165) is 13.1 Å². The number of nitrogens with one attached hydrogen (secondary N) is 1. The number of rotatable bonds is 3. The average molecular weight is 470 g/mol. The number of ether oxygens (including phenoxy) is 1. The van der Waals surface area contributed by atoms with E-state index in [1.165, 1.54) is 16.8 Å². The van der Waals surface area contributed by atoms with E-state index in [4.69, 9.17) is 4.74 Å². The first-order valence-corrected chi connectivity index (χ1v) is 10.2. The molecule has 4 aromatic rings. The number of nitrogens with zero attached hydrogens (tertiary/aromatic N) is 5. The van der Waals surface area contributed by atoms with E-state index in [0.29, 0.717) is 5.56 Å². The summed E-state index contributed by atoms with van der Waals surface area (Å²) >= 11 is 0. The fraction of sp³-hybridized carbons (Fsp3) is 0.227. The molecule has 1 aromatic carbocycles. The van der Waals surface area contributed by atoms with E-state index in [9.17, 15) is 22.4 Å². The maximum atomic E-state index is 14.6. The van der Waals surface area contributed by atoms with Gasteiger partial charge >= 0.3 is 0 Å². The van der Waals surface area contributed by atoms with Crippen LogP contribution >= 0.6 is 0 Å². The van der Waals surface area contributed by atoms with Crippen LogP contribution in [0.1, 0.15) is 18.1 Å². The van der Waals surface area contributed by atoms with Crippen molar-refractivity contribution in [2.45, 2.75) is 24.8 Å². The molecule has 1 unspecified atom stereocenters. The second kappa shape index (κ2) is 6.72. The third-order valence-corrected chi connectivity index (χ3v) is 6.23. The molecule has 12 heteroatoms. The zero-order valence-corrected chi connectivity index (χ0v) is 17.4. The van der Waals surface area contributed by atoms with Crippen molar-refractivity contribution < 1.29 is 27.1 Å². The van der Waals surface area contributed by atoms with Gasteiger partial charge in [-0.15, -0.1) is 0 Å². The minimum absolute atomic E-state index is 0.0167. The van der Waals surface area contributed by atoms with Crippen LogP contribution in [0, 0.1) is 11.6 Å². The van der Waals surface area contributed by atoms with Crippen LogP contribution in [0.5, 0.6) is 5.88 Å². The Hall–Kier alpha value is -4.09. The maximum absolute atomic E-state index is 14.6. The number of carbonyl (C=O) groups is 1. The number of anilines is 1. The number of fused-ring (bicyclic) bond motifs is 1. The molecular weight excluding hydrogens is 456 g/mol. The van der Waals surface area contributed by atoms with Crippen LogP contribution < -0.4 is 10.1 Å². The third-order valence-electron chi connectivity index (χ3n) is 6.23. The van der Waals surface area contributed by atoms with Crippen molar-refractivity contribution in [3.63, 3.8) is 0 Å². The van der Waals surface area contributed by atoms with Gasteiger partial charge in [0.05, 0.1) is 23.7 Å². The second-order valence-corrected chi connectivity index (χ2v) is 8.27. The summed E-state index contributed by atoms with van der Waals surface area (Å²) in [4.78, 5) is 25.1. The molecule has 0 saturated carbocycles. The van der Waals surface area contributed by atoms with Gasteiger partial charge in [0, 0.05) is 5.56 Å². The number of halogens is 4. The highest BCUT2D eigenvalue weighted by molar-refractivity contribution is 6.07. The smallest absolute Gasteiger partial charge is 0.299 e. The molecule has 1 atom stereocenters. The van der Waals surface area contributed by atoms with Crippen LogP contribution in [0.15, 0.2) is 36.5 Å². The Morgan fingerprint density at radius 2 is 2.00 bits per heavy atom. The molecule has 1 amide bonds. The number of hydrogen-bond donors (Lipinski definition) is 1. The zero-order valence-electron chi connectivity index (χ0n) is 17.4. The second-order valence-electron chi connectivity index (χ2n) is 8.27. The van der Waals surface area contributed by atoms with Gasteiger partial charge in [0.15, 0.2) is 18.1 Å². The number of benzene rings is 1. The van der Waals surface area contributed by atoms with E-state index < -0.39 is 35.5 Å². The minimum Gasteiger partial charge on any atom is -0.471 e. The Labute approximate surface area is 188 Å². The molecule has 5 heterocycles. The zero-order chi connectivity index (χ0) is 23.8. The van der Waals surface area contributed by atoms with E-state index in [-0.39, 0.29) is 46.4 Å². The lowest BCUT2D eigenvalue weighted by Gasteiger charge is -2.35. The first-order valence-electron chi connectivity index (χ1n) is 10.2. The molecule has 0 radical (unpaired) electrons. The van der Waals surface area contributed by atoms with Crippen molar-refractivity contribution in [1.82, 2.24) is 24.7 Å². The Bertz CT molecular complexity index is 1520. The summed E-state index contributed by atoms with van der Waals surface area (Å²) in [5, 5.41) is 7.01. The molecule has 0 saturated heterocycles. The van der Waals surface area contributed by atoms with E-state index in [1.54, 1.807) is 18.2 Å². The van der Waals surface area contributed by atoms with Crippen LogP contribution in [0.25, 0.3) is 22.6 Å². The molecule has 0 bridgehead atoms. The molecule has 172 valence electrons. The van der Waals surface area contributed by atoms with Gasteiger partial charge in [-0.2, -0.15) is 10.1 Å². The number of carbonyl (C=O) groups excluding carboxylic acids is 1. The molecule has 0 aliphatic carbocycles. The van der Waals surface area contributed by atoms with Crippen molar-refractivity contribution in [2.24, 2.45) is 0 Å². The molecule has 2 aliphatic heterocycles. The lowest BCUT2D eigenvalue weighted by atomic mass is 9.77. The lowest BCUT2D eigenvalue weighted by molar-refractivity contribution is -0.148. The standard InChI is InChI=1S/C22H14F4N6O2/c1-21-14-16(30-20(21)33)28-17(29-19(14)34-9-22(21,25)26)15-12-6-11(23)7-27-18(12)32(31-15)8-10-4-2-3-5-13(10)24/h2-7H,8-9H2,1H3,(H,28,29,30,33). The van der Waals surface area contributed by atoms with Crippen LogP contribution in [0.4, 0.5) is 23.4 Å². The first kappa shape index (κ1) is 20.5. The van der Waals surface area contributed by atoms with E-state index >= 15 is 0 Å². The molecule has 34 heavy (non-hydrogen) atoms. The topological polar surface area (TPSA) is 94.8 Å². The minimum atomic E-state index is -3.47. The number of hydrogen-bond acceptors (Lipinski definition) is 6. The summed E-state index contributed by atoms with van der Waals surface area (Å²) in [6, 6.07) is 7.26. The van der Waals surface area contributed by atoms with Gasteiger partial charge < -0.3 is 10.1 Å². The fourth-order valence-corrected chi connectivity index (χ4v) is 4.29. The third kappa shape index (κ3) is 2.68. The van der Waals surface area contributed by atoms with Gasteiger partial charge in [0.1, 0.15) is 28.6 Å². The summed E-state index contributed by atoms with van der Waals surface area (Å²) in [6.07, 6.45) is 0.996. The Morgan fingerprint density at radius 3 is 2.79 bits per heavy atom. The van der Waals surface area contributed by atoms with Crippen molar-refractivity contribution in [2.75, 3.05) is 11.9 Å². The van der Waals surface area contributed by atoms with Gasteiger partial charge in [0.25, 0.3) is 5.92 Å². The lowest BCUT2D eigenvalue weighted by Crippen LogP contribution is -2.54. The molecule has 8 nitrogen and oxygen atoms in total. The van der Waals surface area contributed by atoms with Gasteiger partial charge in [-0.05, 0) is 19.1 Å². The largest absolute Gasteiger partial charge is 0.471 e. The normalized spacial score (nSPS) is 20.2. The molecule has 2 aliphatic rings. The van der Waals surface area contributed by atoms with Crippen LogP contribution in [-0.2, 0) is 16.8 Å². The van der Waals surface area contributed by atoms with Crippen molar-refractivity contribution in [3.05, 3.63) is 59.3 Å². The molecule has 0 spiro atoms. The van der Waals surface area contributed by atoms with Crippen molar-refractivity contribution >= 4 is 22.8 Å². The van der Waals surface area contributed by atoms with Gasteiger partial charge in [-0.1, -0.05) is 18.2 Å². The van der Waals surface area contributed by atoms with Crippen LogP contribution in [0.2, 0.25) is 0 Å². The number of amides is 1. The monoisotopic (exact) mass is 470 g/mol. The summed E-state index contributed by atoms with van der Waals surface area (Å²) in [7, 11) is 0. The Balaban J connectivity index is 1.54.